The molecule has 2 heterocycles. The van der Waals surface area contributed by atoms with Crippen LogP contribution >= 0.6 is 0 Å². The van der Waals surface area contributed by atoms with Crippen molar-refractivity contribution < 1.29 is 31.4 Å². The van der Waals surface area contributed by atoms with Gasteiger partial charge in [0.15, 0.2) is 0 Å². The standard InChI is InChI=1S/C21H23F6N3O/c1-12-8-17(19(31)13-4-3-7-30(2)11-13)28-29-18(12)16-6-5-15(21(25,26)27)9-14(16)10-20(22,23)24/h5-6,8-9,13,19,31H,3-4,7,10-11H2,1-2H3. The Morgan fingerprint density at radius 1 is 1.13 bits per heavy atom. The van der Waals surface area contributed by atoms with Crippen molar-refractivity contribution in [3.05, 3.63) is 46.6 Å². The molecule has 2 aromatic rings. The summed E-state index contributed by atoms with van der Waals surface area (Å²) >= 11 is 0. The van der Waals surface area contributed by atoms with E-state index in [2.05, 4.69) is 15.1 Å². The van der Waals surface area contributed by atoms with Crippen LogP contribution < -0.4 is 0 Å². The first-order valence-electron chi connectivity index (χ1n) is 9.83. The molecule has 0 radical (unpaired) electrons. The third kappa shape index (κ3) is 5.74. The van der Waals surface area contributed by atoms with Gasteiger partial charge in [-0.05, 0) is 62.7 Å². The van der Waals surface area contributed by atoms with Crippen LogP contribution in [-0.2, 0) is 12.6 Å². The lowest BCUT2D eigenvalue weighted by atomic mass is 9.90. The Labute approximate surface area is 175 Å². The maximum Gasteiger partial charge on any atom is 0.416 e. The Morgan fingerprint density at radius 2 is 1.84 bits per heavy atom. The van der Waals surface area contributed by atoms with Gasteiger partial charge in [0.25, 0.3) is 0 Å². The Morgan fingerprint density at radius 3 is 2.42 bits per heavy atom. The van der Waals surface area contributed by atoms with Crippen LogP contribution in [0.1, 0.15) is 41.3 Å². The molecule has 170 valence electrons. The molecule has 2 atom stereocenters. The van der Waals surface area contributed by atoms with Crippen molar-refractivity contribution in [3.8, 4) is 11.3 Å². The summed E-state index contributed by atoms with van der Waals surface area (Å²) in [6, 6.07) is 3.77. The Kier molecular flexibility index (Phi) is 6.61. The molecule has 0 saturated carbocycles. The molecule has 1 N–H and O–H groups in total. The van der Waals surface area contributed by atoms with Gasteiger partial charge in [0.1, 0.15) is 6.10 Å². The van der Waals surface area contributed by atoms with Gasteiger partial charge < -0.3 is 10.0 Å². The number of piperidine rings is 1. The van der Waals surface area contributed by atoms with Crippen molar-refractivity contribution in [2.75, 3.05) is 20.1 Å². The van der Waals surface area contributed by atoms with Gasteiger partial charge in [-0.1, -0.05) is 6.07 Å². The Balaban J connectivity index is 1.96. The lowest BCUT2D eigenvalue weighted by molar-refractivity contribution is -0.138. The molecule has 31 heavy (non-hydrogen) atoms. The molecule has 1 aliphatic rings. The summed E-state index contributed by atoms with van der Waals surface area (Å²) in [6.07, 6.45) is -10.1. The van der Waals surface area contributed by atoms with Crippen LogP contribution in [0.3, 0.4) is 0 Å². The molecule has 0 amide bonds. The van der Waals surface area contributed by atoms with Gasteiger partial charge in [-0.2, -0.15) is 31.4 Å². The number of rotatable bonds is 4. The molecule has 10 heteroatoms. The van der Waals surface area contributed by atoms with Crippen LogP contribution in [-0.4, -0.2) is 46.5 Å². The minimum Gasteiger partial charge on any atom is -0.386 e. The van der Waals surface area contributed by atoms with Crippen LogP contribution in [0.15, 0.2) is 24.3 Å². The molecule has 0 aliphatic carbocycles. The molecular weight excluding hydrogens is 424 g/mol. The van der Waals surface area contributed by atoms with Crippen molar-refractivity contribution in [2.24, 2.45) is 5.92 Å². The number of aromatic nitrogens is 2. The fourth-order valence-electron chi connectivity index (χ4n) is 3.99. The van der Waals surface area contributed by atoms with Crippen LogP contribution in [0.2, 0.25) is 0 Å². The molecule has 1 aliphatic heterocycles. The first-order valence-corrected chi connectivity index (χ1v) is 9.83. The second-order valence-corrected chi connectivity index (χ2v) is 8.07. The summed E-state index contributed by atoms with van der Waals surface area (Å²) in [6.45, 7) is 3.20. The quantitative estimate of drug-likeness (QED) is 0.674. The summed E-state index contributed by atoms with van der Waals surface area (Å²) in [4.78, 5) is 2.09. The maximum atomic E-state index is 13.0. The highest BCUT2D eigenvalue weighted by Crippen LogP contribution is 2.37. The summed E-state index contributed by atoms with van der Waals surface area (Å²) in [5.41, 5.74) is -0.961. The second-order valence-electron chi connectivity index (χ2n) is 8.07. The average molecular weight is 447 g/mol. The summed E-state index contributed by atoms with van der Waals surface area (Å²) < 4.78 is 78.1. The van der Waals surface area contributed by atoms with E-state index in [0.29, 0.717) is 23.9 Å². The summed E-state index contributed by atoms with van der Waals surface area (Å²) in [5.74, 6) is -0.0508. The van der Waals surface area contributed by atoms with E-state index in [1.54, 1.807) is 6.92 Å². The zero-order chi connectivity index (χ0) is 23.0. The minimum atomic E-state index is -4.76. The van der Waals surface area contributed by atoms with Gasteiger partial charge in [0.05, 0.1) is 23.4 Å². The number of aliphatic hydroxyl groups is 1. The van der Waals surface area contributed by atoms with Gasteiger partial charge in [-0.15, -0.1) is 5.10 Å². The van der Waals surface area contributed by atoms with Crippen molar-refractivity contribution >= 4 is 0 Å². The van der Waals surface area contributed by atoms with Crippen molar-refractivity contribution in [1.82, 2.24) is 15.1 Å². The fraction of sp³-hybridized carbons (Fsp3) is 0.524. The van der Waals surface area contributed by atoms with Crippen LogP contribution in [0.5, 0.6) is 0 Å². The van der Waals surface area contributed by atoms with E-state index in [1.807, 2.05) is 7.05 Å². The molecule has 4 nitrogen and oxygen atoms in total. The first-order chi connectivity index (χ1) is 14.3. The summed E-state index contributed by atoms with van der Waals surface area (Å²) in [5, 5.41) is 18.7. The van der Waals surface area contributed by atoms with E-state index in [0.717, 1.165) is 31.5 Å². The number of alkyl halides is 6. The lowest BCUT2D eigenvalue weighted by Gasteiger charge is -2.32. The zero-order valence-electron chi connectivity index (χ0n) is 17.1. The molecule has 1 fully saturated rings. The smallest absolute Gasteiger partial charge is 0.386 e. The number of aryl methyl sites for hydroxylation is 1. The van der Waals surface area contributed by atoms with E-state index in [-0.39, 0.29) is 17.2 Å². The predicted octanol–water partition coefficient (Wildman–Crippen LogP) is 4.95. The van der Waals surface area contributed by atoms with Crippen molar-refractivity contribution in [2.45, 2.75) is 44.6 Å². The predicted molar refractivity (Wildman–Crippen MR) is 102 cm³/mol. The van der Waals surface area contributed by atoms with Gasteiger partial charge in [0.2, 0.25) is 0 Å². The minimum absolute atomic E-state index is 0.0508. The van der Waals surface area contributed by atoms with E-state index in [1.165, 1.54) is 6.07 Å². The number of likely N-dealkylation sites (tertiary alicyclic amines) is 1. The summed E-state index contributed by atoms with van der Waals surface area (Å²) in [7, 11) is 1.95. The number of benzene rings is 1. The molecule has 0 bridgehead atoms. The highest BCUT2D eigenvalue weighted by Gasteiger charge is 2.35. The highest BCUT2D eigenvalue weighted by molar-refractivity contribution is 5.67. The number of halogens is 6. The Bertz CT molecular complexity index is 928. The first kappa shape index (κ1) is 23.5. The highest BCUT2D eigenvalue weighted by atomic mass is 19.4. The Hall–Kier alpha value is -2.20. The molecule has 1 saturated heterocycles. The average Bonchev–Trinajstić information content (AvgIpc) is 2.65. The van der Waals surface area contributed by atoms with E-state index in [4.69, 9.17) is 0 Å². The lowest BCUT2D eigenvalue weighted by Crippen LogP contribution is -2.35. The topological polar surface area (TPSA) is 49.2 Å². The number of hydrogen-bond acceptors (Lipinski definition) is 4. The third-order valence-corrected chi connectivity index (χ3v) is 5.49. The largest absolute Gasteiger partial charge is 0.416 e. The van der Waals surface area contributed by atoms with Crippen molar-refractivity contribution in [3.63, 3.8) is 0 Å². The van der Waals surface area contributed by atoms with Gasteiger partial charge in [-0.3, -0.25) is 0 Å². The number of nitrogens with zero attached hydrogens (tertiary/aromatic N) is 3. The van der Waals surface area contributed by atoms with Gasteiger partial charge in [-0.25, -0.2) is 0 Å². The molecule has 0 spiro atoms. The molecular formula is C21H23F6N3O. The van der Waals surface area contributed by atoms with Gasteiger partial charge >= 0.3 is 12.4 Å². The SMILES string of the molecule is Cc1cc(C(O)C2CCCN(C)C2)nnc1-c1ccc(C(F)(F)F)cc1CC(F)(F)F. The van der Waals surface area contributed by atoms with Crippen LogP contribution in [0.25, 0.3) is 11.3 Å². The molecule has 1 aromatic heterocycles. The second kappa shape index (κ2) is 8.74. The van der Waals surface area contributed by atoms with E-state index in [9.17, 15) is 31.4 Å². The third-order valence-electron chi connectivity index (χ3n) is 5.49. The normalized spacial score (nSPS) is 19.5. The van der Waals surface area contributed by atoms with E-state index < -0.39 is 36.0 Å². The van der Waals surface area contributed by atoms with Crippen molar-refractivity contribution in [1.29, 1.82) is 0 Å². The number of hydrogen-bond donors (Lipinski definition) is 1. The zero-order valence-corrected chi connectivity index (χ0v) is 17.1. The van der Waals surface area contributed by atoms with Crippen LogP contribution in [0, 0.1) is 12.8 Å². The molecule has 1 aromatic carbocycles. The van der Waals surface area contributed by atoms with E-state index >= 15 is 0 Å². The number of aliphatic hydroxyl groups excluding tert-OH is 1. The maximum absolute atomic E-state index is 13.0. The van der Waals surface area contributed by atoms with Gasteiger partial charge in [0, 0.05) is 18.0 Å². The monoisotopic (exact) mass is 447 g/mol. The molecule has 2 unspecified atom stereocenters. The fourth-order valence-corrected chi connectivity index (χ4v) is 3.99. The molecule has 3 rings (SSSR count). The van der Waals surface area contributed by atoms with Crippen LogP contribution in [0.4, 0.5) is 26.3 Å².